The number of piperidine rings is 1. The molecular formula is C19H29N5O3S. The summed E-state index contributed by atoms with van der Waals surface area (Å²) in [7, 11) is 0. The van der Waals surface area contributed by atoms with Crippen LogP contribution in [-0.2, 0) is 9.53 Å². The molecule has 9 heteroatoms. The van der Waals surface area contributed by atoms with Gasteiger partial charge in [0.1, 0.15) is 6.61 Å². The zero-order valence-corrected chi connectivity index (χ0v) is 17.2. The topological polar surface area (TPSA) is 87.7 Å². The second kappa shape index (κ2) is 8.84. The van der Waals surface area contributed by atoms with E-state index in [0.717, 1.165) is 50.1 Å². The van der Waals surface area contributed by atoms with Crippen LogP contribution in [0.3, 0.4) is 0 Å². The smallest absolute Gasteiger partial charge is 0.273 e. The van der Waals surface area contributed by atoms with Crippen LogP contribution in [0.4, 0.5) is 0 Å². The van der Waals surface area contributed by atoms with Crippen molar-refractivity contribution in [3.05, 3.63) is 11.4 Å². The van der Waals surface area contributed by atoms with E-state index in [0.29, 0.717) is 30.4 Å². The molecule has 1 aromatic heterocycles. The van der Waals surface area contributed by atoms with Crippen molar-refractivity contribution in [1.29, 1.82) is 0 Å². The van der Waals surface area contributed by atoms with E-state index in [-0.39, 0.29) is 24.5 Å². The quantitative estimate of drug-likeness (QED) is 0.723. The average molecular weight is 408 g/mol. The highest BCUT2D eigenvalue weighted by molar-refractivity contribution is 6.99. The average Bonchev–Trinajstić information content (AvgIpc) is 3.41. The lowest BCUT2D eigenvalue weighted by Gasteiger charge is -2.38. The molecule has 3 aliphatic rings. The highest BCUT2D eigenvalue weighted by atomic mass is 32.1. The Morgan fingerprint density at radius 2 is 1.93 bits per heavy atom. The predicted octanol–water partition coefficient (Wildman–Crippen LogP) is 0.926. The Balaban J connectivity index is 1.21. The summed E-state index contributed by atoms with van der Waals surface area (Å²) in [5, 5.41) is 2.86. The van der Waals surface area contributed by atoms with E-state index in [2.05, 4.69) is 19.0 Å². The van der Waals surface area contributed by atoms with Gasteiger partial charge in [0.05, 0.1) is 23.5 Å². The summed E-state index contributed by atoms with van der Waals surface area (Å²) in [5.74, 6) is 1.33. The zero-order chi connectivity index (χ0) is 19.5. The van der Waals surface area contributed by atoms with Crippen molar-refractivity contribution in [2.24, 2.45) is 11.8 Å². The molecule has 3 heterocycles. The van der Waals surface area contributed by atoms with E-state index in [1.807, 2.05) is 4.90 Å². The lowest BCUT2D eigenvalue weighted by atomic mass is 9.95. The molecule has 0 aromatic carbocycles. The van der Waals surface area contributed by atoms with Gasteiger partial charge in [-0.15, -0.1) is 0 Å². The van der Waals surface area contributed by atoms with Gasteiger partial charge in [0.2, 0.25) is 5.91 Å². The second-order valence-electron chi connectivity index (χ2n) is 8.33. The highest BCUT2D eigenvalue weighted by Crippen LogP contribution is 2.31. The van der Waals surface area contributed by atoms with Crippen molar-refractivity contribution >= 4 is 23.5 Å². The fourth-order valence-electron chi connectivity index (χ4n) is 4.04. The molecule has 1 N–H and O–H groups in total. The third kappa shape index (κ3) is 5.07. The summed E-state index contributed by atoms with van der Waals surface area (Å²) >= 11 is 1.03. The van der Waals surface area contributed by atoms with Crippen molar-refractivity contribution in [3.63, 3.8) is 0 Å². The Morgan fingerprint density at radius 3 is 2.61 bits per heavy atom. The number of aromatic nitrogens is 2. The van der Waals surface area contributed by atoms with Crippen LogP contribution in [0, 0.1) is 18.8 Å². The minimum Gasteiger partial charge on any atom is -0.365 e. The number of likely N-dealkylation sites (tertiary alicyclic amines) is 1. The van der Waals surface area contributed by atoms with Crippen LogP contribution in [0.15, 0.2) is 0 Å². The minimum atomic E-state index is -0.235. The zero-order valence-electron chi connectivity index (χ0n) is 16.4. The Labute approximate surface area is 169 Å². The molecule has 3 fully saturated rings. The van der Waals surface area contributed by atoms with Gasteiger partial charge in [-0.25, -0.2) is 0 Å². The van der Waals surface area contributed by atoms with E-state index in [4.69, 9.17) is 4.74 Å². The summed E-state index contributed by atoms with van der Waals surface area (Å²) in [6.07, 6.45) is 4.95. The first kappa shape index (κ1) is 19.7. The van der Waals surface area contributed by atoms with Crippen LogP contribution in [0.5, 0.6) is 0 Å². The molecule has 2 amide bonds. The van der Waals surface area contributed by atoms with E-state index >= 15 is 0 Å². The number of hydrogen-bond donors (Lipinski definition) is 1. The van der Waals surface area contributed by atoms with Gasteiger partial charge < -0.3 is 19.9 Å². The first-order chi connectivity index (χ1) is 13.6. The molecule has 28 heavy (non-hydrogen) atoms. The van der Waals surface area contributed by atoms with Gasteiger partial charge >= 0.3 is 0 Å². The number of rotatable bonds is 7. The van der Waals surface area contributed by atoms with Crippen LogP contribution in [-0.4, -0.2) is 82.3 Å². The van der Waals surface area contributed by atoms with Crippen molar-refractivity contribution in [2.45, 2.75) is 38.7 Å². The van der Waals surface area contributed by atoms with E-state index in [1.165, 1.54) is 19.4 Å². The Kier molecular flexibility index (Phi) is 6.22. The Morgan fingerprint density at radius 1 is 1.18 bits per heavy atom. The number of ether oxygens (including phenoxy) is 1. The van der Waals surface area contributed by atoms with Gasteiger partial charge in [-0.3, -0.25) is 9.59 Å². The molecule has 1 saturated carbocycles. The molecule has 154 valence electrons. The molecule has 0 bridgehead atoms. The predicted molar refractivity (Wildman–Crippen MR) is 105 cm³/mol. The van der Waals surface area contributed by atoms with Crippen LogP contribution in [0.25, 0.3) is 0 Å². The first-order valence-corrected chi connectivity index (χ1v) is 11.0. The summed E-state index contributed by atoms with van der Waals surface area (Å²) < 4.78 is 13.7. The van der Waals surface area contributed by atoms with E-state index < -0.39 is 0 Å². The van der Waals surface area contributed by atoms with Crippen molar-refractivity contribution < 1.29 is 14.3 Å². The summed E-state index contributed by atoms with van der Waals surface area (Å²) in [6, 6.07) is 0. The molecule has 2 aliphatic heterocycles. The van der Waals surface area contributed by atoms with Gasteiger partial charge in [-0.05, 0) is 57.5 Å². The third-order valence-electron chi connectivity index (χ3n) is 5.98. The lowest BCUT2D eigenvalue weighted by Crippen LogP contribution is -2.52. The molecule has 4 rings (SSSR count). The van der Waals surface area contributed by atoms with Crippen molar-refractivity contribution in [2.75, 3.05) is 45.9 Å². The van der Waals surface area contributed by atoms with Gasteiger partial charge in [-0.2, -0.15) is 8.75 Å². The van der Waals surface area contributed by atoms with Gasteiger partial charge in [0.15, 0.2) is 5.69 Å². The summed E-state index contributed by atoms with van der Waals surface area (Å²) in [4.78, 5) is 29.0. The molecule has 1 aliphatic carbocycles. The van der Waals surface area contributed by atoms with Gasteiger partial charge in [-0.1, -0.05) is 0 Å². The van der Waals surface area contributed by atoms with Crippen LogP contribution >= 0.6 is 11.7 Å². The summed E-state index contributed by atoms with van der Waals surface area (Å²) in [5.41, 5.74) is 1.00. The molecule has 1 aromatic rings. The molecule has 8 nitrogen and oxygen atoms in total. The lowest BCUT2D eigenvalue weighted by molar-refractivity contribution is -0.149. The van der Waals surface area contributed by atoms with Crippen LogP contribution < -0.4 is 5.32 Å². The molecule has 1 unspecified atom stereocenters. The number of carbonyl (C=O) groups is 2. The highest BCUT2D eigenvalue weighted by Gasteiger charge is 2.31. The maximum atomic E-state index is 12.3. The number of nitrogens with zero attached hydrogens (tertiary/aromatic N) is 4. The molecule has 0 radical (unpaired) electrons. The second-order valence-corrected chi connectivity index (χ2v) is 8.86. The maximum absolute atomic E-state index is 12.3. The Bertz CT molecular complexity index is 699. The van der Waals surface area contributed by atoms with Crippen molar-refractivity contribution in [1.82, 2.24) is 23.9 Å². The largest absolute Gasteiger partial charge is 0.365 e. The SMILES string of the molecule is Cc1nsnc1C(=O)NCC1CN(CC2CCN(CC3CC3)CC2)C(=O)CO1. The normalized spacial score (nSPS) is 24.5. The Hall–Kier alpha value is -1.58. The van der Waals surface area contributed by atoms with Crippen LogP contribution in [0.2, 0.25) is 0 Å². The fourth-order valence-corrected chi connectivity index (χ4v) is 4.58. The summed E-state index contributed by atoms with van der Waals surface area (Å²) in [6.45, 7) is 7.15. The molecule has 0 spiro atoms. The third-order valence-corrected chi connectivity index (χ3v) is 6.60. The van der Waals surface area contributed by atoms with E-state index in [1.54, 1.807) is 6.92 Å². The number of nitrogens with one attached hydrogen (secondary N) is 1. The monoisotopic (exact) mass is 407 g/mol. The maximum Gasteiger partial charge on any atom is 0.273 e. The minimum absolute atomic E-state index is 0.0579. The number of aryl methyl sites for hydroxylation is 1. The molecular weight excluding hydrogens is 378 g/mol. The number of amides is 2. The van der Waals surface area contributed by atoms with Crippen molar-refractivity contribution in [3.8, 4) is 0 Å². The van der Waals surface area contributed by atoms with Gasteiger partial charge in [0.25, 0.3) is 5.91 Å². The van der Waals surface area contributed by atoms with E-state index in [9.17, 15) is 9.59 Å². The molecule has 2 saturated heterocycles. The number of carbonyl (C=O) groups excluding carboxylic acids is 2. The molecule has 1 atom stereocenters. The number of morpholine rings is 1. The number of hydrogen-bond acceptors (Lipinski definition) is 7. The fraction of sp³-hybridized carbons (Fsp3) is 0.789. The first-order valence-electron chi connectivity index (χ1n) is 10.3. The standard InChI is InChI=1S/C19H29N5O3S/c1-13-18(22-28-21-13)19(26)20-8-16-11-24(17(25)12-27-16)10-15-4-6-23(7-5-15)9-14-2-3-14/h14-16H,2-12H2,1H3,(H,20,26). The van der Waals surface area contributed by atoms with Gasteiger partial charge in [0, 0.05) is 26.2 Å². The van der Waals surface area contributed by atoms with Crippen LogP contribution in [0.1, 0.15) is 41.9 Å².